The first-order valence-electron chi connectivity index (χ1n) is 9.30. The number of benzene rings is 1. The van der Waals surface area contributed by atoms with E-state index in [9.17, 15) is 4.79 Å². The normalized spacial score (nSPS) is 16.6. The number of hydrogen-bond donors (Lipinski definition) is 1. The highest BCUT2D eigenvalue weighted by Crippen LogP contribution is 2.30. The largest absolute Gasteiger partial charge is 0.468 e. The van der Waals surface area contributed by atoms with Crippen LogP contribution in [0, 0.1) is 0 Å². The van der Waals surface area contributed by atoms with Crippen molar-refractivity contribution in [3.8, 4) is 11.4 Å². The Hall–Kier alpha value is -2.21. The minimum atomic E-state index is -0.638. The van der Waals surface area contributed by atoms with Crippen molar-refractivity contribution in [1.29, 1.82) is 0 Å². The van der Waals surface area contributed by atoms with Crippen molar-refractivity contribution in [3.05, 3.63) is 35.7 Å². The summed E-state index contributed by atoms with van der Waals surface area (Å²) in [5.41, 5.74) is 1.56. The Balaban J connectivity index is 1.68. The zero-order chi connectivity index (χ0) is 18.6. The van der Waals surface area contributed by atoms with Gasteiger partial charge in [-0.15, -0.1) is 0 Å². The number of carbonyl (C=O) groups is 1. The number of carbonyl (C=O) groups excluding carboxylic acids is 1. The number of rotatable bonds is 6. The van der Waals surface area contributed by atoms with Crippen molar-refractivity contribution >= 4 is 5.97 Å². The monoisotopic (exact) mass is 357 g/mol. The highest BCUT2D eigenvalue weighted by molar-refractivity contribution is 5.80. The van der Waals surface area contributed by atoms with Crippen LogP contribution in [0.4, 0.5) is 0 Å². The molecule has 1 heterocycles. The van der Waals surface area contributed by atoms with E-state index in [0.717, 1.165) is 37.7 Å². The van der Waals surface area contributed by atoms with Crippen LogP contribution in [0.5, 0.6) is 0 Å². The number of aromatic nitrogens is 2. The summed E-state index contributed by atoms with van der Waals surface area (Å²) in [5.74, 6) is 1.31. The lowest BCUT2D eigenvalue weighted by Gasteiger charge is -2.34. The molecule has 0 unspecified atom stereocenters. The number of methoxy groups -OCH3 is 1. The van der Waals surface area contributed by atoms with Gasteiger partial charge in [0.05, 0.1) is 13.7 Å². The summed E-state index contributed by atoms with van der Waals surface area (Å²) in [7, 11) is 1.44. The van der Waals surface area contributed by atoms with Crippen LogP contribution in [0.2, 0.25) is 0 Å². The van der Waals surface area contributed by atoms with Crippen LogP contribution in [0.25, 0.3) is 11.4 Å². The molecule has 26 heavy (non-hydrogen) atoms. The van der Waals surface area contributed by atoms with Crippen LogP contribution in [0.3, 0.4) is 0 Å². The Labute approximate surface area is 154 Å². The molecule has 1 aromatic heterocycles. The molecule has 0 aliphatic heterocycles. The number of nitrogens with one attached hydrogen (secondary N) is 1. The summed E-state index contributed by atoms with van der Waals surface area (Å²) in [6.45, 7) is 4.68. The van der Waals surface area contributed by atoms with Crippen molar-refractivity contribution in [1.82, 2.24) is 15.5 Å². The zero-order valence-electron chi connectivity index (χ0n) is 15.7. The smallest absolute Gasteiger partial charge is 0.326 e. The summed E-state index contributed by atoms with van der Waals surface area (Å²) in [6.07, 6.45) is 4.73. The fraction of sp³-hybridized carbons (Fsp3) is 0.550. The van der Waals surface area contributed by atoms with Gasteiger partial charge < -0.3 is 9.26 Å². The second-order valence-electron chi connectivity index (χ2n) is 7.28. The van der Waals surface area contributed by atoms with Crippen molar-refractivity contribution in [3.63, 3.8) is 0 Å². The van der Waals surface area contributed by atoms with E-state index in [1.165, 1.54) is 12.7 Å². The Morgan fingerprint density at radius 3 is 2.54 bits per heavy atom. The van der Waals surface area contributed by atoms with E-state index in [1.54, 1.807) is 0 Å². The molecule has 0 bridgehead atoms. The molecule has 2 aromatic rings. The minimum Gasteiger partial charge on any atom is -0.468 e. The van der Waals surface area contributed by atoms with Crippen LogP contribution in [-0.4, -0.2) is 28.8 Å². The summed E-state index contributed by atoms with van der Waals surface area (Å²) >= 11 is 0. The standard InChI is InChI=1S/C20H27N3O3/c1-14(2)15-7-9-16(10-8-15)18-22-17(26-23-18)13-21-20(19(24)25-3)11-5-4-6-12-20/h7-10,14,21H,4-6,11-13H2,1-3H3. The summed E-state index contributed by atoms with van der Waals surface area (Å²) in [4.78, 5) is 16.7. The van der Waals surface area contributed by atoms with Gasteiger partial charge in [0.15, 0.2) is 0 Å². The molecule has 3 rings (SSSR count). The van der Waals surface area contributed by atoms with Crippen LogP contribution < -0.4 is 5.32 Å². The molecule has 1 aliphatic carbocycles. The van der Waals surface area contributed by atoms with E-state index in [4.69, 9.17) is 9.26 Å². The van der Waals surface area contributed by atoms with Gasteiger partial charge in [0, 0.05) is 5.56 Å². The molecule has 0 spiro atoms. The maximum atomic E-state index is 12.3. The third-order valence-corrected chi connectivity index (χ3v) is 5.16. The average Bonchev–Trinajstić information content (AvgIpc) is 3.15. The Morgan fingerprint density at radius 2 is 1.92 bits per heavy atom. The zero-order valence-corrected chi connectivity index (χ0v) is 15.7. The van der Waals surface area contributed by atoms with Crippen LogP contribution in [-0.2, 0) is 16.1 Å². The van der Waals surface area contributed by atoms with E-state index in [2.05, 4.69) is 41.4 Å². The van der Waals surface area contributed by atoms with Crippen LogP contribution in [0.1, 0.15) is 63.3 Å². The topological polar surface area (TPSA) is 77.2 Å². The Bertz CT molecular complexity index is 731. The van der Waals surface area contributed by atoms with Gasteiger partial charge in [0.25, 0.3) is 0 Å². The first-order chi connectivity index (χ1) is 12.5. The molecule has 140 valence electrons. The molecule has 0 radical (unpaired) electrons. The molecule has 1 fully saturated rings. The van der Waals surface area contributed by atoms with Crippen LogP contribution in [0.15, 0.2) is 28.8 Å². The number of esters is 1. The van der Waals surface area contributed by atoms with Crippen molar-refractivity contribution in [2.75, 3.05) is 7.11 Å². The summed E-state index contributed by atoms with van der Waals surface area (Å²) in [5, 5.41) is 7.39. The predicted octanol–water partition coefficient (Wildman–Crippen LogP) is 3.83. The van der Waals surface area contributed by atoms with Gasteiger partial charge in [0.1, 0.15) is 5.54 Å². The van der Waals surface area contributed by atoms with Gasteiger partial charge in [-0.1, -0.05) is 62.5 Å². The molecule has 1 aliphatic rings. The fourth-order valence-electron chi connectivity index (χ4n) is 3.51. The Morgan fingerprint density at radius 1 is 1.23 bits per heavy atom. The fourth-order valence-corrected chi connectivity index (χ4v) is 3.51. The van der Waals surface area contributed by atoms with E-state index >= 15 is 0 Å². The quantitative estimate of drug-likeness (QED) is 0.792. The maximum absolute atomic E-state index is 12.3. The van der Waals surface area contributed by atoms with E-state index < -0.39 is 5.54 Å². The number of nitrogens with zero attached hydrogens (tertiary/aromatic N) is 2. The molecule has 1 aromatic carbocycles. The van der Waals surface area contributed by atoms with E-state index in [-0.39, 0.29) is 5.97 Å². The molecule has 6 nitrogen and oxygen atoms in total. The van der Waals surface area contributed by atoms with Crippen molar-refractivity contribution in [2.45, 2.75) is 64.0 Å². The Kier molecular flexibility index (Phi) is 5.71. The van der Waals surface area contributed by atoms with Gasteiger partial charge in [-0.2, -0.15) is 4.98 Å². The van der Waals surface area contributed by atoms with E-state index in [0.29, 0.717) is 24.2 Å². The third kappa shape index (κ3) is 3.96. The van der Waals surface area contributed by atoms with Crippen LogP contribution >= 0.6 is 0 Å². The van der Waals surface area contributed by atoms with E-state index in [1.807, 2.05) is 12.1 Å². The average molecular weight is 357 g/mol. The second kappa shape index (κ2) is 7.99. The molecule has 0 amide bonds. The SMILES string of the molecule is COC(=O)C1(NCc2nc(-c3ccc(C(C)C)cc3)no2)CCCCC1. The van der Waals surface area contributed by atoms with Gasteiger partial charge in [-0.05, 0) is 24.3 Å². The molecular formula is C20H27N3O3. The first kappa shape index (κ1) is 18.6. The molecule has 6 heteroatoms. The molecular weight excluding hydrogens is 330 g/mol. The lowest BCUT2D eigenvalue weighted by atomic mass is 9.81. The van der Waals surface area contributed by atoms with Crippen molar-refractivity contribution in [2.24, 2.45) is 0 Å². The van der Waals surface area contributed by atoms with Gasteiger partial charge in [-0.25, -0.2) is 0 Å². The van der Waals surface area contributed by atoms with Crippen molar-refractivity contribution < 1.29 is 14.1 Å². The number of hydrogen-bond acceptors (Lipinski definition) is 6. The molecule has 0 saturated heterocycles. The molecule has 1 saturated carbocycles. The van der Waals surface area contributed by atoms with Gasteiger partial charge in [-0.3, -0.25) is 10.1 Å². The van der Waals surface area contributed by atoms with Gasteiger partial charge in [0.2, 0.25) is 11.7 Å². The molecule has 1 N–H and O–H groups in total. The highest BCUT2D eigenvalue weighted by Gasteiger charge is 2.40. The lowest BCUT2D eigenvalue weighted by Crippen LogP contribution is -2.53. The predicted molar refractivity (Wildman–Crippen MR) is 98.5 cm³/mol. The maximum Gasteiger partial charge on any atom is 0.326 e. The van der Waals surface area contributed by atoms with Gasteiger partial charge >= 0.3 is 5.97 Å². The molecule has 0 atom stereocenters. The number of ether oxygens (including phenoxy) is 1. The highest BCUT2D eigenvalue weighted by atomic mass is 16.5. The lowest BCUT2D eigenvalue weighted by molar-refractivity contribution is -0.150. The summed E-state index contributed by atoms with van der Waals surface area (Å²) in [6, 6.07) is 8.19. The third-order valence-electron chi connectivity index (χ3n) is 5.16. The second-order valence-corrected chi connectivity index (χ2v) is 7.28. The summed E-state index contributed by atoms with van der Waals surface area (Å²) < 4.78 is 10.4. The first-order valence-corrected chi connectivity index (χ1v) is 9.30. The minimum absolute atomic E-state index is 0.207.